The molecule has 1 aliphatic rings. The second-order valence-electron chi connectivity index (χ2n) is 17.3. The van der Waals surface area contributed by atoms with Crippen LogP contribution < -0.4 is 0 Å². The van der Waals surface area contributed by atoms with Crippen LogP contribution in [0.4, 0.5) is 0 Å². The maximum absolute atomic E-state index is 13.1. The molecule has 0 aromatic heterocycles. The van der Waals surface area contributed by atoms with Crippen molar-refractivity contribution in [1.82, 2.24) is 4.90 Å². The second kappa shape index (κ2) is 34.4. The Morgan fingerprint density at radius 1 is 0.600 bits per heavy atom. The normalized spacial score (nSPS) is 16.2. The minimum atomic E-state index is -0.479. The Morgan fingerprint density at radius 2 is 1.11 bits per heavy atom. The molecule has 324 valence electrons. The van der Waals surface area contributed by atoms with Gasteiger partial charge < -0.3 is 18.9 Å². The number of methoxy groups -OCH3 is 1. The van der Waals surface area contributed by atoms with Gasteiger partial charge in [0.25, 0.3) is 0 Å². The highest BCUT2D eigenvalue weighted by atomic mass is 16.5. The Bertz CT molecular complexity index is 930. The third-order valence-electron chi connectivity index (χ3n) is 11.7. The molecule has 0 saturated carbocycles. The summed E-state index contributed by atoms with van der Waals surface area (Å²) in [6.45, 7) is 13.8. The summed E-state index contributed by atoms with van der Waals surface area (Å²) >= 11 is 0. The fourth-order valence-electron chi connectivity index (χ4n) is 7.88. The average Bonchev–Trinajstić information content (AvgIpc) is 3.59. The number of rotatable bonds is 38. The number of esters is 3. The van der Waals surface area contributed by atoms with Crippen LogP contribution in [0.25, 0.3) is 0 Å². The number of hydrogen-bond donors (Lipinski definition) is 0. The Balaban J connectivity index is 2.18. The summed E-state index contributed by atoms with van der Waals surface area (Å²) in [6, 6.07) is -0.272. The lowest BCUT2D eigenvalue weighted by Gasteiger charge is -2.23. The molecule has 1 aliphatic heterocycles. The number of ether oxygens (including phenoxy) is 4. The largest absolute Gasteiger partial charge is 0.466 e. The van der Waals surface area contributed by atoms with Gasteiger partial charge in [-0.05, 0) is 71.3 Å². The van der Waals surface area contributed by atoms with E-state index in [9.17, 15) is 14.4 Å². The standard InChI is InChI=1S/C47H89NO7/c1-7-10-13-14-15-16-17-19-27-36-53-44(49)33-24-21-26-35-48-40-42(52-6)39-43(48)45(50)54-37-28-20-18-25-34-47(4,5)46(51)55-38-29-32-41(30-22-11-8-2)31-23-12-9-3/h41-43H,7-40H2,1-6H3. The second-order valence-corrected chi connectivity index (χ2v) is 17.3. The van der Waals surface area contributed by atoms with Gasteiger partial charge in [-0.1, -0.05) is 149 Å². The summed E-state index contributed by atoms with van der Waals surface area (Å²) in [4.78, 5) is 40.3. The Morgan fingerprint density at radius 3 is 1.73 bits per heavy atom. The molecule has 0 bridgehead atoms. The smallest absolute Gasteiger partial charge is 0.323 e. The van der Waals surface area contributed by atoms with E-state index < -0.39 is 5.41 Å². The first-order valence-electron chi connectivity index (χ1n) is 23.4. The SMILES string of the molecule is CCCCCCCCCCCOC(=O)CCCCCN1CC(OC)CC1C(=O)OCCCCCCC(C)(C)C(=O)OCCCC(CCCCC)CCCCC. The predicted octanol–water partition coefficient (Wildman–Crippen LogP) is 12.3. The average molecular weight is 780 g/mol. The predicted molar refractivity (Wildman–Crippen MR) is 227 cm³/mol. The van der Waals surface area contributed by atoms with Gasteiger partial charge in [0.05, 0.1) is 31.3 Å². The van der Waals surface area contributed by atoms with Crippen LogP contribution in [0.5, 0.6) is 0 Å². The zero-order valence-electron chi connectivity index (χ0n) is 37.1. The van der Waals surface area contributed by atoms with Crippen LogP contribution in [0, 0.1) is 11.3 Å². The molecule has 1 fully saturated rings. The maximum atomic E-state index is 13.1. The minimum absolute atomic E-state index is 0.0339. The number of carbonyl (C=O) groups is 3. The van der Waals surface area contributed by atoms with Gasteiger partial charge >= 0.3 is 17.9 Å². The monoisotopic (exact) mass is 780 g/mol. The van der Waals surface area contributed by atoms with Crippen molar-refractivity contribution in [2.45, 2.75) is 233 Å². The minimum Gasteiger partial charge on any atom is -0.466 e. The highest BCUT2D eigenvalue weighted by molar-refractivity contribution is 5.76. The lowest BCUT2D eigenvalue weighted by molar-refractivity contribution is -0.154. The first-order valence-corrected chi connectivity index (χ1v) is 23.4. The molecule has 0 aliphatic carbocycles. The van der Waals surface area contributed by atoms with E-state index in [4.69, 9.17) is 18.9 Å². The van der Waals surface area contributed by atoms with Gasteiger partial charge in [0, 0.05) is 26.5 Å². The van der Waals surface area contributed by atoms with Gasteiger partial charge in [-0.2, -0.15) is 0 Å². The fraction of sp³-hybridized carbons (Fsp3) is 0.936. The van der Waals surface area contributed by atoms with Gasteiger partial charge in [0.15, 0.2) is 0 Å². The zero-order valence-corrected chi connectivity index (χ0v) is 37.1. The molecule has 0 spiro atoms. The molecule has 0 aromatic carbocycles. The van der Waals surface area contributed by atoms with Crippen LogP contribution in [0.2, 0.25) is 0 Å². The van der Waals surface area contributed by atoms with Gasteiger partial charge in [0.2, 0.25) is 0 Å². The molecule has 8 nitrogen and oxygen atoms in total. The maximum Gasteiger partial charge on any atom is 0.323 e. The summed E-state index contributed by atoms with van der Waals surface area (Å²) in [5.41, 5.74) is -0.479. The lowest BCUT2D eigenvalue weighted by Crippen LogP contribution is -2.38. The number of likely N-dealkylation sites (tertiary alicyclic amines) is 1. The molecule has 0 N–H and O–H groups in total. The summed E-state index contributed by atoms with van der Waals surface area (Å²) in [7, 11) is 1.71. The van der Waals surface area contributed by atoms with Crippen LogP contribution in [-0.2, 0) is 33.3 Å². The van der Waals surface area contributed by atoms with E-state index in [-0.39, 0.29) is 30.1 Å². The van der Waals surface area contributed by atoms with Gasteiger partial charge in [0.1, 0.15) is 6.04 Å². The van der Waals surface area contributed by atoms with Gasteiger partial charge in [-0.3, -0.25) is 19.3 Å². The highest BCUT2D eigenvalue weighted by Crippen LogP contribution is 2.27. The third-order valence-corrected chi connectivity index (χ3v) is 11.7. The Hall–Kier alpha value is -1.67. The summed E-state index contributed by atoms with van der Waals surface area (Å²) in [5, 5.41) is 0. The summed E-state index contributed by atoms with van der Waals surface area (Å²) < 4.78 is 22.6. The van der Waals surface area contributed by atoms with Crippen LogP contribution in [0.15, 0.2) is 0 Å². The van der Waals surface area contributed by atoms with Crippen LogP contribution >= 0.6 is 0 Å². The summed E-state index contributed by atoms with van der Waals surface area (Å²) in [5.74, 6) is 0.444. The van der Waals surface area contributed by atoms with Crippen molar-refractivity contribution in [3.63, 3.8) is 0 Å². The van der Waals surface area contributed by atoms with Crippen molar-refractivity contribution in [2.75, 3.05) is 40.0 Å². The molecule has 0 radical (unpaired) electrons. The van der Waals surface area contributed by atoms with E-state index in [1.807, 2.05) is 13.8 Å². The molecular weight excluding hydrogens is 691 g/mol. The third kappa shape index (κ3) is 26.8. The Labute approximate surface area is 339 Å². The van der Waals surface area contributed by atoms with Crippen molar-refractivity contribution in [1.29, 1.82) is 0 Å². The van der Waals surface area contributed by atoms with Gasteiger partial charge in [-0.25, -0.2) is 0 Å². The van der Waals surface area contributed by atoms with E-state index >= 15 is 0 Å². The highest BCUT2D eigenvalue weighted by Gasteiger charge is 2.37. The first-order chi connectivity index (χ1) is 26.7. The van der Waals surface area contributed by atoms with Crippen LogP contribution in [0.3, 0.4) is 0 Å². The molecule has 8 heteroatoms. The van der Waals surface area contributed by atoms with Gasteiger partial charge in [-0.15, -0.1) is 0 Å². The molecule has 1 heterocycles. The van der Waals surface area contributed by atoms with Crippen LogP contribution in [0.1, 0.15) is 221 Å². The molecule has 1 saturated heterocycles. The number of nitrogens with zero attached hydrogens (tertiary/aromatic N) is 1. The van der Waals surface area contributed by atoms with Crippen molar-refractivity contribution < 1.29 is 33.3 Å². The van der Waals surface area contributed by atoms with Crippen molar-refractivity contribution >= 4 is 17.9 Å². The zero-order chi connectivity index (χ0) is 40.4. The Kier molecular flexibility index (Phi) is 32.1. The van der Waals surface area contributed by atoms with Crippen LogP contribution in [-0.4, -0.2) is 75.0 Å². The summed E-state index contributed by atoms with van der Waals surface area (Å²) in [6.07, 6.45) is 32.2. The molecule has 0 aromatic rings. The van der Waals surface area contributed by atoms with E-state index in [1.54, 1.807) is 7.11 Å². The van der Waals surface area contributed by atoms with Crippen molar-refractivity contribution in [3.05, 3.63) is 0 Å². The van der Waals surface area contributed by atoms with E-state index in [2.05, 4.69) is 25.7 Å². The first kappa shape index (κ1) is 51.3. The molecule has 0 amide bonds. The van der Waals surface area contributed by atoms with E-state index in [0.29, 0.717) is 32.7 Å². The molecule has 55 heavy (non-hydrogen) atoms. The topological polar surface area (TPSA) is 91.4 Å². The number of unbranched alkanes of at least 4 members (excludes halogenated alkanes) is 17. The molecule has 2 atom stereocenters. The van der Waals surface area contributed by atoms with E-state index in [1.165, 1.54) is 96.3 Å². The lowest BCUT2D eigenvalue weighted by atomic mass is 9.87. The van der Waals surface area contributed by atoms with Crippen molar-refractivity contribution in [3.8, 4) is 0 Å². The number of carbonyl (C=O) groups excluding carboxylic acids is 3. The molecular formula is C47H89NO7. The fourth-order valence-corrected chi connectivity index (χ4v) is 7.88. The van der Waals surface area contributed by atoms with E-state index in [0.717, 1.165) is 96.1 Å². The van der Waals surface area contributed by atoms with Crippen molar-refractivity contribution in [2.24, 2.45) is 11.3 Å². The molecule has 1 rings (SSSR count). The quantitative estimate of drug-likeness (QED) is 0.0347. The number of hydrogen-bond acceptors (Lipinski definition) is 8. The molecule has 2 unspecified atom stereocenters.